The molecule has 0 bridgehead atoms. The third-order valence-electron chi connectivity index (χ3n) is 7.50. The normalized spacial score (nSPS) is 14.0. The van der Waals surface area contributed by atoms with Crippen molar-refractivity contribution >= 4 is 43.9 Å². The molecule has 0 aliphatic carbocycles. The summed E-state index contributed by atoms with van der Waals surface area (Å²) in [6.07, 6.45) is 1.51. The Morgan fingerprint density at radius 1 is 0.767 bits per heavy atom. The van der Waals surface area contributed by atoms with Gasteiger partial charge in [-0.1, -0.05) is 42.5 Å². The van der Waals surface area contributed by atoms with Gasteiger partial charge in [0.15, 0.2) is 0 Å². The molecule has 6 rings (SSSR count). The highest BCUT2D eigenvalue weighted by Gasteiger charge is 2.25. The van der Waals surface area contributed by atoms with E-state index in [9.17, 15) is 18.0 Å². The Hall–Kier alpha value is -5.00. The number of hydrogen-bond acceptors (Lipinski definition) is 7. The van der Waals surface area contributed by atoms with Gasteiger partial charge in [-0.2, -0.15) is 9.89 Å². The van der Waals surface area contributed by atoms with Crippen molar-refractivity contribution in [3.05, 3.63) is 114 Å². The number of rotatable bonds is 7. The van der Waals surface area contributed by atoms with Crippen LogP contribution in [0.5, 0.6) is 0 Å². The van der Waals surface area contributed by atoms with Crippen molar-refractivity contribution in [1.82, 2.24) is 14.8 Å². The lowest BCUT2D eigenvalue weighted by Gasteiger charge is -2.36. The van der Waals surface area contributed by atoms with Crippen molar-refractivity contribution in [2.24, 2.45) is 0 Å². The van der Waals surface area contributed by atoms with E-state index in [0.29, 0.717) is 46.5 Å². The summed E-state index contributed by atoms with van der Waals surface area (Å²) in [5, 5.41) is 7.87. The SMILES string of the molecule is CN1CCN(c2c(NC(=O)c3ccccc3)cccc2C(=O)Nn2ncc3cc(S(=O)(=O)c4ccccc4)ccc32)CC1. The van der Waals surface area contributed by atoms with Crippen LogP contribution in [0.15, 0.2) is 113 Å². The molecule has 10 nitrogen and oxygen atoms in total. The summed E-state index contributed by atoms with van der Waals surface area (Å²) in [7, 11) is -1.66. The number of fused-ring (bicyclic) bond motifs is 1. The number of nitrogens with one attached hydrogen (secondary N) is 2. The van der Waals surface area contributed by atoms with Crippen LogP contribution in [0.2, 0.25) is 0 Å². The van der Waals surface area contributed by atoms with Gasteiger partial charge in [0, 0.05) is 37.1 Å². The summed E-state index contributed by atoms with van der Waals surface area (Å²) in [5.74, 6) is -0.691. The Morgan fingerprint density at radius 2 is 1.47 bits per heavy atom. The molecule has 218 valence electrons. The lowest BCUT2D eigenvalue weighted by atomic mass is 10.1. The smallest absolute Gasteiger partial charge is 0.273 e. The van der Waals surface area contributed by atoms with Crippen molar-refractivity contribution in [2.45, 2.75) is 9.79 Å². The van der Waals surface area contributed by atoms with Crippen LogP contribution in [0, 0.1) is 0 Å². The van der Waals surface area contributed by atoms with E-state index in [4.69, 9.17) is 0 Å². The van der Waals surface area contributed by atoms with Crippen molar-refractivity contribution < 1.29 is 18.0 Å². The number of hydrogen-bond donors (Lipinski definition) is 2. The second-order valence-corrected chi connectivity index (χ2v) is 12.3. The summed E-state index contributed by atoms with van der Waals surface area (Å²) < 4.78 is 26.2. The molecule has 4 aromatic carbocycles. The minimum absolute atomic E-state index is 0.135. The van der Waals surface area contributed by atoms with Crippen LogP contribution in [0.4, 0.5) is 11.4 Å². The summed E-state index contributed by atoms with van der Waals surface area (Å²) in [5.41, 5.74) is 5.43. The number of para-hydroxylation sites is 1. The maximum Gasteiger partial charge on any atom is 0.273 e. The first-order valence-corrected chi connectivity index (χ1v) is 15.3. The molecule has 0 atom stereocenters. The number of likely N-dealkylation sites (N-methyl/N-ethyl adjacent to an activating group) is 1. The van der Waals surface area contributed by atoms with Crippen molar-refractivity contribution in [2.75, 3.05) is 48.9 Å². The highest BCUT2D eigenvalue weighted by Crippen LogP contribution is 2.32. The van der Waals surface area contributed by atoms with E-state index < -0.39 is 15.7 Å². The predicted octanol–water partition coefficient (Wildman–Crippen LogP) is 4.26. The fraction of sp³-hybridized carbons (Fsp3) is 0.156. The van der Waals surface area contributed by atoms with Crippen molar-refractivity contribution in [3.8, 4) is 0 Å². The fourth-order valence-electron chi connectivity index (χ4n) is 5.14. The van der Waals surface area contributed by atoms with Crippen molar-refractivity contribution in [1.29, 1.82) is 0 Å². The van der Waals surface area contributed by atoms with Gasteiger partial charge in [0.25, 0.3) is 11.8 Å². The fourth-order valence-corrected chi connectivity index (χ4v) is 6.46. The van der Waals surface area contributed by atoms with E-state index in [1.807, 2.05) is 13.1 Å². The molecule has 0 radical (unpaired) electrons. The maximum atomic E-state index is 13.8. The number of aromatic nitrogens is 2. The van der Waals surface area contributed by atoms with E-state index in [1.54, 1.807) is 84.9 Å². The molecular weight excluding hydrogens is 564 g/mol. The molecule has 1 fully saturated rings. The molecule has 2 amide bonds. The highest BCUT2D eigenvalue weighted by molar-refractivity contribution is 7.91. The molecule has 0 unspecified atom stereocenters. The molecule has 11 heteroatoms. The standard InChI is InChI=1S/C32H30N6O4S/c1-36-17-19-37(20-18-36)30-27(13-8-14-28(30)34-31(39)23-9-4-2-5-10-23)32(40)35-38-29-16-15-26(21-24(29)22-33-38)43(41,42)25-11-6-3-7-12-25/h2-16,21-22H,17-20H2,1H3,(H,34,39)(H,35,40). The maximum absolute atomic E-state index is 13.8. The Labute approximate surface area is 249 Å². The third kappa shape index (κ3) is 5.72. The number of nitrogens with zero attached hydrogens (tertiary/aromatic N) is 4. The second kappa shape index (κ2) is 11.7. The second-order valence-electron chi connectivity index (χ2n) is 10.3. The molecule has 1 aliphatic heterocycles. The Balaban J connectivity index is 1.31. The van der Waals surface area contributed by atoms with Crippen LogP contribution in [-0.4, -0.2) is 68.2 Å². The Kier molecular flexibility index (Phi) is 7.66. The van der Waals surface area contributed by atoms with Crippen molar-refractivity contribution in [3.63, 3.8) is 0 Å². The van der Waals surface area contributed by atoms with Gasteiger partial charge in [-0.25, -0.2) is 13.8 Å². The zero-order valence-corrected chi connectivity index (χ0v) is 24.3. The largest absolute Gasteiger partial charge is 0.367 e. The lowest BCUT2D eigenvalue weighted by molar-refractivity contribution is 0.100. The van der Waals surface area contributed by atoms with Gasteiger partial charge in [-0.3, -0.25) is 9.59 Å². The highest BCUT2D eigenvalue weighted by atomic mass is 32.2. The van der Waals surface area contributed by atoms with Gasteiger partial charge in [0.05, 0.1) is 38.4 Å². The quantitative estimate of drug-likeness (QED) is 0.289. The first-order chi connectivity index (χ1) is 20.8. The van der Waals surface area contributed by atoms with Crippen LogP contribution in [0.25, 0.3) is 10.9 Å². The number of sulfone groups is 1. The van der Waals surface area contributed by atoms with Crippen LogP contribution in [-0.2, 0) is 9.84 Å². The summed E-state index contributed by atoms with van der Waals surface area (Å²) in [6, 6.07) is 27.1. The molecule has 2 heterocycles. The van der Waals surface area contributed by atoms with E-state index in [1.165, 1.54) is 17.1 Å². The summed E-state index contributed by atoms with van der Waals surface area (Å²) in [6.45, 7) is 2.97. The molecule has 1 aromatic heterocycles. The van der Waals surface area contributed by atoms with Gasteiger partial charge < -0.3 is 15.1 Å². The van der Waals surface area contributed by atoms with Crippen LogP contribution in [0.3, 0.4) is 0 Å². The zero-order valence-electron chi connectivity index (χ0n) is 23.5. The van der Waals surface area contributed by atoms with E-state index in [0.717, 1.165) is 13.1 Å². The molecular formula is C32H30N6O4S. The Bertz CT molecular complexity index is 1900. The number of piperazine rings is 1. The van der Waals surface area contributed by atoms with E-state index in [-0.39, 0.29) is 15.7 Å². The lowest BCUT2D eigenvalue weighted by Crippen LogP contribution is -2.45. The number of anilines is 2. The number of amides is 2. The van der Waals surface area contributed by atoms with Crippen LogP contribution in [0.1, 0.15) is 20.7 Å². The third-order valence-corrected chi connectivity index (χ3v) is 9.26. The van der Waals surface area contributed by atoms with Gasteiger partial charge in [0.1, 0.15) is 0 Å². The predicted molar refractivity (Wildman–Crippen MR) is 166 cm³/mol. The van der Waals surface area contributed by atoms with Crippen LogP contribution < -0.4 is 15.6 Å². The van der Waals surface area contributed by atoms with Gasteiger partial charge >= 0.3 is 0 Å². The zero-order chi connectivity index (χ0) is 30.0. The minimum atomic E-state index is -3.71. The average Bonchev–Trinajstić information content (AvgIpc) is 3.44. The van der Waals surface area contributed by atoms with Gasteiger partial charge in [-0.15, -0.1) is 0 Å². The molecule has 2 N–H and O–H groups in total. The van der Waals surface area contributed by atoms with E-state index in [2.05, 4.69) is 25.6 Å². The molecule has 5 aromatic rings. The van der Waals surface area contributed by atoms with Crippen LogP contribution >= 0.6 is 0 Å². The molecule has 43 heavy (non-hydrogen) atoms. The Morgan fingerprint density at radius 3 is 2.19 bits per heavy atom. The molecule has 1 saturated heterocycles. The number of carbonyl (C=O) groups is 2. The summed E-state index contributed by atoms with van der Waals surface area (Å²) >= 11 is 0. The monoisotopic (exact) mass is 594 g/mol. The molecule has 0 saturated carbocycles. The first kappa shape index (κ1) is 28.1. The minimum Gasteiger partial charge on any atom is -0.367 e. The van der Waals surface area contributed by atoms with Gasteiger partial charge in [0.2, 0.25) is 9.84 Å². The topological polar surface area (TPSA) is 117 Å². The average molecular weight is 595 g/mol. The first-order valence-electron chi connectivity index (χ1n) is 13.8. The van der Waals surface area contributed by atoms with E-state index >= 15 is 0 Å². The molecule has 1 aliphatic rings. The molecule has 0 spiro atoms. The number of benzene rings is 4. The number of carbonyl (C=O) groups excluding carboxylic acids is 2. The van der Waals surface area contributed by atoms with Gasteiger partial charge in [-0.05, 0) is 61.6 Å². The summed E-state index contributed by atoms with van der Waals surface area (Å²) in [4.78, 5) is 32.9.